The topological polar surface area (TPSA) is 40.8 Å². The van der Waals surface area contributed by atoms with Crippen LogP contribution in [0.2, 0.25) is 0 Å². The first-order valence-corrected chi connectivity index (χ1v) is 6.36. The van der Waals surface area contributed by atoms with E-state index in [1.807, 2.05) is 10.8 Å². The number of nitriles is 1. The van der Waals surface area contributed by atoms with E-state index in [-0.39, 0.29) is 0 Å². The highest BCUT2D eigenvalue weighted by Gasteiger charge is 2.02. The minimum absolute atomic E-state index is 0.409. The molecule has 2 rings (SSSR count). The molecular formula is C15H19N3. The molecule has 94 valence electrons. The van der Waals surface area contributed by atoms with Crippen LogP contribution < -0.4 is 5.32 Å². The summed E-state index contributed by atoms with van der Waals surface area (Å²) in [5.41, 5.74) is 2.40. The Labute approximate surface area is 108 Å². The van der Waals surface area contributed by atoms with Gasteiger partial charge in [0.2, 0.25) is 0 Å². The van der Waals surface area contributed by atoms with Gasteiger partial charge in [0.05, 0.1) is 6.07 Å². The molecule has 0 aliphatic carbocycles. The molecule has 1 aromatic carbocycles. The Kier molecular flexibility index (Phi) is 4.01. The van der Waals surface area contributed by atoms with Gasteiger partial charge in [0, 0.05) is 18.3 Å². The van der Waals surface area contributed by atoms with Crippen molar-refractivity contribution in [2.24, 2.45) is 5.92 Å². The third-order valence-corrected chi connectivity index (χ3v) is 2.96. The van der Waals surface area contributed by atoms with Crippen LogP contribution in [0, 0.1) is 17.2 Å². The van der Waals surface area contributed by atoms with Crippen molar-refractivity contribution < 1.29 is 0 Å². The molecule has 3 heteroatoms. The average molecular weight is 241 g/mol. The zero-order valence-electron chi connectivity index (χ0n) is 11.0. The molecule has 0 spiro atoms. The fourth-order valence-electron chi connectivity index (χ4n) is 2.06. The van der Waals surface area contributed by atoms with Crippen LogP contribution in [0.15, 0.2) is 30.5 Å². The molecule has 1 heterocycles. The molecule has 0 bridgehead atoms. The summed E-state index contributed by atoms with van der Waals surface area (Å²) in [4.78, 5) is 0. The molecule has 0 amide bonds. The maximum atomic E-state index is 8.79. The Morgan fingerprint density at radius 2 is 2.17 bits per heavy atom. The van der Waals surface area contributed by atoms with Gasteiger partial charge in [-0.1, -0.05) is 26.0 Å². The van der Waals surface area contributed by atoms with Crippen molar-refractivity contribution in [1.29, 1.82) is 5.26 Å². The summed E-state index contributed by atoms with van der Waals surface area (Å²) in [6.45, 7) is 6.72. The Morgan fingerprint density at radius 3 is 2.89 bits per heavy atom. The third kappa shape index (κ3) is 2.91. The van der Waals surface area contributed by atoms with Gasteiger partial charge in [0.15, 0.2) is 0 Å². The summed E-state index contributed by atoms with van der Waals surface area (Å²) in [6.07, 6.45) is 1.97. The second kappa shape index (κ2) is 5.70. The number of nitrogens with zero attached hydrogens (tertiary/aromatic N) is 2. The van der Waals surface area contributed by atoms with Crippen LogP contribution in [0.1, 0.15) is 19.4 Å². The molecule has 0 unspecified atom stereocenters. The molecule has 0 radical (unpaired) electrons. The van der Waals surface area contributed by atoms with Crippen molar-refractivity contribution in [2.45, 2.75) is 26.9 Å². The summed E-state index contributed by atoms with van der Waals surface area (Å²) in [5, 5.41) is 13.4. The van der Waals surface area contributed by atoms with Crippen molar-refractivity contribution in [3.63, 3.8) is 0 Å². The molecule has 1 aromatic heterocycles. The van der Waals surface area contributed by atoms with Crippen LogP contribution in [0.25, 0.3) is 10.9 Å². The molecule has 0 aliphatic rings. The minimum atomic E-state index is 0.409. The van der Waals surface area contributed by atoms with Gasteiger partial charge in [-0.3, -0.25) is 0 Å². The standard InChI is InChI=1S/C15H19N3/c1-12(2)10-17-11-13-3-4-14-5-7-18(8-6-16)15(14)9-13/h3-5,7,9,12,17H,8,10-11H2,1-2H3. The molecule has 0 atom stereocenters. The molecule has 3 nitrogen and oxygen atoms in total. The van der Waals surface area contributed by atoms with Gasteiger partial charge < -0.3 is 9.88 Å². The summed E-state index contributed by atoms with van der Waals surface area (Å²) < 4.78 is 1.99. The van der Waals surface area contributed by atoms with E-state index in [1.54, 1.807) is 0 Å². The molecule has 2 aromatic rings. The molecule has 0 aliphatic heterocycles. The van der Waals surface area contributed by atoms with E-state index in [9.17, 15) is 0 Å². The summed E-state index contributed by atoms with van der Waals surface area (Å²) in [6, 6.07) is 10.7. The maximum absolute atomic E-state index is 8.79. The first-order chi connectivity index (χ1) is 8.70. The highest BCUT2D eigenvalue weighted by atomic mass is 14.9. The van der Waals surface area contributed by atoms with E-state index in [1.165, 1.54) is 10.9 Å². The number of fused-ring (bicyclic) bond motifs is 1. The van der Waals surface area contributed by atoms with E-state index < -0.39 is 0 Å². The monoisotopic (exact) mass is 241 g/mol. The minimum Gasteiger partial charge on any atom is -0.334 e. The van der Waals surface area contributed by atoms with Gasteiger partial charge in [-0.25, -0.2) is 0 Å². The SMILES string of the molecule is CC(C)CNCc1ccc2ccn(CC#N)c2c1. The van der Waals surface area contributed by atoms with Gasteiger partial charge >= 0.3 is 0 Å². The summed E-state index contributed by atoms with van der Waals surface area (Å²) in [7, 11) is 0. The number of hydrogen-bond donors (Lipinski definition) is 1. The highest BCUT2D eigenvalue weighted by molar-refractivity contribution is 5.80. The lowest BCUT2D eigenvalue weighted by Crippen LogP contribution is -2.18. The van der Waals surface area contributed by atoms with E-state index in [0.717, 1.165) is 18.6 Å². The van der Waals surface area contributed by atoms with E-state index >= 15 is 0 Å². The predicted molar refractivity (Wildman–Crippen MR) is 74.1 cm³/mol. The second-order valence-corrected chi connectivity index (χ2v) is 5.02. The molecule has 0 saturated heterocycles. The zero-order chi connectivity index (χ0) is 13.0. The van der Waals surface area contributed by atoms with Crippen molar-refractivity contribution in [3.8, 4) is 6.07 Å². The maximum Gasteiger partial charge on any atom is 0.110 e. The van der Waals surface area contributed by atoms with Crippen LogP contribution in [-0.4, -0.2) is 11.1 Å². The quantitative estimate of drug-likeness (QED) is 0.874. The Hall–Kier alpha value is -1.79. The van der Waals surface area contributed by atoms with Crippen LogP contribution >= 0.6 is 0 Å². The molecule has 0 saturated carbocycles. The predicted octanol–water partition coefficient (Wildman–Crippen LogP) is 2.91. The van der Waals surface area contributed by atoms with Gasteiger partial charge in [-0.15, -0.1) is 0 Å². The van der Waals surface area contributed by atoms with Crippen molar-refractivity contribution in [1.82, 2.24) is 9.88 Å². The second-order valence-electron chi connectivity index (χ2n) is 5.02. The lowest BCUT2D eigenvalue weighted by molar-refractivity contribution is 0.552. The van der Waals surface area contributed by atoms with Gasteiger partial charge in [-0.05, 0) is 35.5 Å². The van der Waals surface area contributed by atoms with Crippen molar-refractivity contribution in [3.05, 3.63) is 36.0 Å². The van der Waals surface area contributed by atoms with Crippen LogP contribution in [0.3, 0.4) is 0 Å². The Bertz CT molecular complexity index is 561. The number of benzene rings is 1. The summed E-state index contributed by atoms with van der Waals surface area (Å²) in [5.74, 6) is 0.663. The largest absolute Gasteiger partial charge is 0.334 e. The smallest absolute Gasteiger partial charge is 0.110 e. The first kappa shape index (κ1) is 12.7. The first-order valence-electron chi connectivity index (χ1n) is 6.36. The lowest BCUT2D eigenvalue weighted by atomic mass is 10.1. The number of hydrogen-bond acceptors (Lipinski definition) is 2. The Morgan fingerprint density at radius 1 is 1.33 bits per heavy atom. The van der Waals surface area contributed by atoms with Crippen LogP contribution in [0.4, 0.5) is 0 Å². The van der Waals surface area contributed by atoms with E-state index in [4.69, 9.17) is 5.26 Å². The lowest BCUT2D eigenvalue weighted by Gasteiger charge is -2.08. The van der Waals surface area contributed by atoms with Crippen molar-refractivity contribution in [2.75, 3.05) is 6.54 Å². The number of aromatic nitrogens is 1. The van der Waals surface area contributed by atoms with Gasteiger partial charge in [0.1, 0.15) is 6.54 Å². The molecule has 18 heavy (non-hydrogen) atoms. The van der Waals surface area contributed by atoms with E-state index in [0.29, 0.717) is 12.5 Å². The number of nitrogens with one attached hydrogen (secondary N) is 1. The highest BCUT2D eigenvalue weighted by Crippen LogP contribution is 2.17. The fraction of sp³-hybridized carbons (Fsp3) is 0.400. The number of rotatable bonds is 5. The van der Waals surface area contributed by atoms with Gasteiger partial charge in [0.25, 0.3) is 0 Å². The molecule has 1 N–H and O–H groups in total. The van der Waals surface area contributed by atoms with E-state index in [2.05, 4.69) is 49.5 Å². The van der Waals surface area contributed by atoms with Gasteiger partial charge in [-0.2, -0.15) is 5.26 Å². The fourth-order valence-corrected chi connectivity index (χ4v) is 2.06. The molecular weight excluding hydrogens is 222 g/mol. The third-order valence-electron chi connectivity index (χ3n) is 2.96. The van der Waals surface area contributed by atoms with Crippen LogP contribution in [0.5, 0.6) is 0 Å². The Balaban J connectivity index is 2.15. The van der Waals surface area contributed by atoms with Crippen LogP contribution in [-0.2, 0) is 13.1 Å². The normalized spacial score (nSPS) is 11.0. The summed E-state index contributed by atoms with van der Waals surface area (Å²) >= 11 is 0. The van der Waals surface area contributed by atoms with Crippen molar-refractivity contribution >= 4 is 10.9 Å². The molecule has 0 fully saturated rings. The zero-order valence-corrected chi connectivity index (χ0v) is 11.0. The average Bonchev–Trinajstić information content (AvgIpc) is 2.72.